The molecular formula is C14H26N2. The summed E-state index contributed by atoms with van der Waals surface area (Å²) in [6, 6.07) is 3.66. The molecule has 2 aliphatic heterocycles. The van der Waals surface area contributed by atoms with Crippen LogP contribution in [0, 0.1) is 0 Å². The third kappa shape index (κ3) is 2.14. The fourth-order valence-corrected chi connectivity index (χ4v) is 3.90. The second-order valence-corrected chi connectivity index (χ2v) is 6.04. The second kappa shape index (κ2) is 4.66. The lowest BCUT2D eigenvalue weighted by Gasteiger charge is -2.49. The van der Waals surface area contributed by atoms with E-state index >= 15 is 0 Å². The second-order valence-electron chi connectivity index (χ2n) is 6.04. The SMILES string of the molecule is CCCNC1CC2CCCC(C1)N2C1CC1. The zero-order chi connectivity index (χ0) is 11.0. The molecule has 0 aromatic rings. The zero-order valence-electron chi connectivity index (χ0n) is 10.6. The molecule has 3 aliphatic rings. The van der Waals surface area contributed by atoms with Gasteiger partial charge in [-0.3, -0.25) is 4.90 Å². The van der Waals surface area contributed by atoms with Gasteiger partial charge in [0.05, 0.1) is 0 Å². The molecule has 2 bridgehead atoms. The monoisotopic (exact) mass is 222 g/mol. The molecule has 0 radical (unpaired) electrons. The number of piperidine rings is 2. The average Bonchev–Trinajstić information content (AvgIpc) is 3.08. The van der Waals surface area contributed by atoms with Crippen molar-refractivity contribution >= 4 is 0 Å². The Labute approximate surface area is 99.8 Å². The van der Waals surface area contributed by atoms with E-state index in [1.54, 1.807) is 0 Å². The van der Waals surface area contributed by atoms with Gasteiger partial charge in [0.25, 0.3) is 0 Å². The van der Waals surface area contributed by atoms with Crippen LogP contribution in [-0.2, 0) is 0 Å². The number of nitrogens with zero attached hydrogens (tertiary/aromatic N) is 1. The molecule has 2 nitrogen and oxygen atoms in total. The van der Waals surface area contributed by atoms with Crippen molar-refractivity contribution in [3.8, 4) is 0 Å². The number of nitrogens with one attached hydrogen (secondary N) is 1. The third-order valence-electron chi connectivity index (χ3n) is 4.68. The van der Waals surface area contributed by atoms with Crippen molar-refractivity contribution in [2.75, 3.05) is 6.54 Å². The first-order valence-corrected chi connectivity index (χ1v) is 7.39. The topological polar surface area (TPSA) is 15.3 Å². The number of hydrogen-bond donors (Lipinski definition) is 1. The fourth-order valence-electron chi connectivity index (χ4n) is 3.90. The molecule has 0 aromatic carbocycles. The van der Waals surface area contributed by atoms with Crippen LogP contribution >= 0.6 is 0 Å². The van der Waals surface area contributed by atoms with Gasteiger partial charge >= 0.3 is 0 Å². The predicted octanol–water partition coefficient (Wildman–Crippen LogP) is 2.53. The molecule has 1 aliphatic carbocycles. The Balaban J connectivity index is 1.61. The standard InChI is InChI=1S/C14H26N2/c1-2-8-15-11-9-13-4-3-5-14(10-11)16(13)12-6-7-12/h11-15H,2-10H2,1H3. The van der Waals surface area contributed by atoms with E-state index in [9.17, 15) is 0 Å². The maximum atomic E-state index is 3.75. The highest BCUT2D eigenvalue weighted by molar-refractivity contribution is 5.01. The van der Waals surface area contributed by atoms with Crippen LogP contribution in [0.3, 0.4) is 0 Å². The lowest BCUT2D eigenvalue weighted by molar-refractivity contribution is 0.0175. The van der Waals surface area contributed by atoms with Crippen molar-refractivity contribution in [2.45, 2.75) is 82.5 Å². The molecule has 92 valence electrons. The van der Waals surface area contributed by atoms with Gasteiger partial charge in [0.15, 0.2) is 0 Å². The molecule has 0 amide bonds. The van der Waals surface area contributed by atoms with Gasteiger partial charge < -0.3 is 5.32 Å². The van der Waals surface area contributed by atoms with Crippen molar-refractivity contribution < 1.29 is 0 Å². The van der Waals surface area contributed by atoms with Crippen LogP contribution in [0.4, 0.5) is 0 Å². The van der Waals surface area contributed by atoms with Crippen LogP contribution in [0.25, 0.3) is 0 Å². The molecule has 2 saturated heterocycles. The Morgan fingerprint density at radius 2 is 1.69 bits per heavy atom. The summed E-state index contributed by atoms with van der Waals surface area (Å²) in [5.41, 5.74) is 0. The van der Waals surface area contributed by atoms with Gasteiger partial charge in [-0.15, -0.1) is 0 Å². The Kier molecular flexibility index (Phi) is 3.21. The van der Waals surface area contributed by atoms with Gasteiger partial charge in [0, 0.05) is 24.2 Å². The van der Waals surface area contributed by atoms with Crippen LogP contribution in [0.15, 0.2) is 0 Å². The molecular weight excluding hydrogens is 196 g/mol. The fraction of sp³-hybridized carbons (Fsp3) is 1.00. The highest BCUT2D eigenvalue weighted by atomic mass is 15.3. The van der Waals surface area contributed by atoms with E-state index in [-0.39, 0.29) is 0 Å². The third-order valence-corrected chi connectivity index (χ3v) is 4.68. The molecule has 1 saturated carbocycles. The lowest BCUT2D eigenvalue weighted by Crippen LogP contribution is -2.57. The molecule has 0 aromatic heterocycles. The minimum absolute atomic E-state index is 0.824. The largest absolute Gasteiger partial charge is 0.314 e. The van der Waals surface area contributed by atoms with Crippen LogP contribution in [0.1, 0.15) is 58.3 Å². The van der Waals surface area contributed by atoms with Crippen molar-refractivity contribution in [3.05, 3.63) is 0 Å². The summed E-state index contributed by atoms with van der Waals surface area (Å²) >= 11 is 0. The van der Waals surface area contributed by atoms with Crippen molar-refractivity contribution in [3.63, 3.8) is 0 Å². The minimum atomic E-state index is 0.824. The van der Waals surface area contributed by atoms with E-state index in [4.69, 9.17) is 0 Å². The summed E-state index contributed by atoms with van der Waals surface area (Å²) in [5, 5.41) is 3.75. The van der Waals surface area contributed by atoms with Crippen LogP contribution in [0.2, 0.25) is 0 Å². The summed E-state index contributed by atoms with van der Waals surface area (Å²) in [7, 11) is 0. The Morgan fingerprint density at radius 1 is 1.00 bits per heavy atom. The van der Waals surface area contributed by atoms with Gasteiger partial charge in [0.2, 0.25) is 0 Å². The van der Waals surface area contributed by atoms with E-state index in [1.165, 1.54) is 57.9 Å². The Morgan fingerprint density at radius 3 is 2.25 bits per heavy atom. The first kappa shape index (κ1) is 11.0. The first-order chi connectivity index (χ1) is 7.88. The highest BCUT2D eigenvalue weighted by Gasteiger charge is 2.44. The maximum absolute atomic E-state index is 3.75. The molecule has 16 heavy (non-hydrogen) atoms. The van der Waals surface area contributed by atoms with E-state index in [1.807, 2.05) is 0 Å². The summed E-state index contributed by atoms with van der Waals surface area (Å²) in [4.78, 5) is 2.91. The number of fused-ring (bicyclic) bond motifs is 2. The average molecular weight is 222 g/mol. The molecule has 2 unspecified atom stereocenters. The summed E-state index contributed by atoms with van der Waals surface area (Å²) in [5.74, 6) is 0. The van der Waals surface area contributed by atoms with Crippen LogP contribution < -0.4 is 5.32 Å². The lowest BCUT2D eigenvalue weighted by atomic mass is 9.81. The van der Waals surface area contributed by atoms with E-state index < -0.39 is 0 Å². The summed E-state index contributed by atoms with van der Waals surface area (Å²) in [6.07, 6.45) is 11.5. The van der Waals surface area contributed by atoms with E-state index in [0.717, 1.165) is 24.2 Å². The van der Waals surface area contributed by atoms with Crippen LogP contribution in [-0.4, -0.2) is 35.6 Å². The molecule has 2 heteroatoms. The molecule has 0 spiro atoms. The normalized spacial score (nSPS) is 39.9. The zero-order valence-corrected chi connectivity index (χ0v) is 10.6. The predicted molar refractivity (Wildman–Crippen MR) is 67.6 cm³/mol. The van der Waals surface area contributed by atoms with Crippen molar-refractivity contribution in [1.82, 2.24) is 10.2 Å². The van der Waals surface area contributed by atoms with Gasteiger partial charge in [-0.1, -0.05) is 13.3 Å². The number of rotatable bonds is 4. The molecule has 1 N–H and O–H groups in total. The van der Waals surface area contributed by atoms with Crippen LogP contribution in [0.5, 0.6) is 0 Å². The number of hydrogen-bond acceptors (Lipinski definition) is 2. The smallest absolute Gasteiger partial charge is 0.0116 e. The van der Waals surface area contributed by atoms with E-state index in [2.05, 4.69) is 17.1 Å². The van der Waals surface area contributed by atoms with Crippen molar-refractivity contribution in [1.29, 1.82) is 0 Å². The highest BCUT2D eigenvalue weighted by Crippen LogP contribution is 2.41. The van der Waals surface area contributed by atoms with Gasteiger partial charge in [-0.2, -0.15) is 0 Å². The molecule has 2 atom stereocenters. The molecule has 3 rings (SSSR count). The Hall–Kier alpha value is -0.0800. The van der Waals surface area contributed by atoms with E-state index in [0.29, 0.717) is 0 Å². The van der Waals surface area contributed by atoms with Crippen molar-refractivity contribution in [2.24, 2.45) is 0 Å². The van der Waals surface area contributed by atoms with Gasteiger partial charge in [-0.25, -0.2) is 0 Å². The summed E-state index contributed by atoms with van der Waals surface area (Å²) < 4.78 is 0. The summed E-state index contributed by atoms with van der Waals surface area (Å²) in [6.45, 7) is 3.49. The quantitative estimate of drug-likeness (QED) is 0.786. The first-order valence-electron chi connectivity index (χ1n) is 7.39. The molecule has 2 heterocycles. The Bertz CT molecular complexity index is 223. The van der Waals surface area contributed by atoms with Gasteiger partial charge in [0.1, 0.15) is 0 Å². The molecule has 3 fully saturated rings. The van der Waals surface area contributed by atoms with Gasteiger partial charge in [-0.05, 0) is 51.5 Å². The minimum Gasteiger partial charge on any atom is -0.314 e. The maximum Gasteiger partial charge on any atom is 0.0116 e.